The van der Waals surface area contributed by atoms with Gasteiger partial charge in [-0.15, -0.1) is 0 Å². The Morgan fingerprint density at radius 1 is 1.25 bits per heavy atom. The second kappa shape index (κ2) is 5.72. The molecule has 1 aliphatic rings. The van der Waals surface area contributed by atoms with Crippen molar-refractivity contribution in [2.24, 2.45) is 5.92 Å². The largest absolute Gasteiger partial charge is 0.381 e. The molecule has 2 nitrogen and oxygen atoms in total. The molecular weight excluding hydrogens is 198 g/mol. The maximum Gasteiger partial charge on any atom is 0.0699 e. The van der Waals surface area contributed by atoms with Crippen LogP contribution in [0.4, 0.5) is 0 Å². The Bertz CT molecular complexity index is 227. The van der Waals surface area contributed by atoms with E-state index < -0.39 is 0 Å². The van der Waals surface area contributed by atoms with Crippen LogP contribution in [-0.2, 0) is 4.74 Å². The van der Waals surface area contributed by atoms with Crippen molar-refractivity contribution in [3.8, 4) is 0 Å². The van der Waals surface area contributed by atoms with Gasteiger partial charge in [0.1, 0.15) is 0 Å². The van der Waals surface area contributed by atoms with Crippen molar-refractivity contribution in [1.29, 1.82) is 0 Å². The first-order chi connectivity index (χ1) is 7.45. The third kappa shape index (κ3) is 3.82. The zero-order valence-corrected chi connectivity index (χ0v) is 11.3. The van der Waals surface area contributed by atoms with E-state index in [-0.39, 0.29) is 5.54 Å². The fraction of sp³-hybridized carbons (Fsp3) is 0.857. The molecule has 0 amide bonds. The van der Waals surface area contributed by atoms with Crippen LogP contribution in [0.2, 0.25) is 0 Å². The molecule has 1 aliphatic carbocycles. The van der Waals surface area contributed by atoms with E-state index in [4.69, 9.17) is 4.74 Å². The molecule has 16 heavy (non-hydrogen) atoms. The second-order valence-corrected chi connectivity index (χ2v) is 5.65. The summed E-state index contributed by atoms with van der Waals surface area (Å²) in [6.07, 6.45) is 5.35. The van der Waals surface area contributed by atoms with Crippen molar-refractivity contribution >= 4 is 0 Å². The molecule has 1 N–H and O–H groups in total. The van der Waals surface area contributed by atoms with Crippen LogP contribution in [0.25, 0.3) is 0 Å². The van der Waals surface area contributed by atoms with Crippen molar-refractivity contribution in [3.63, 3.8) is 0 Å². The molecule has 1 rings (SSSR count). The Morgan fingerprint density at radius 2 is 1.81 bits per heavy atom. The van der Waals surface area contributed by atoms with Gasteiger partial charge in [-0.1, -0.05) is 33.3 Å². The van der Waals surface area contributed by atoms with Crippen molar-refractivity contribution in [3.05, 3.63) is 12.3 Å². The fourth-order valence-electron chi connectivity index (χ4n) is 2.17. The molecule has 0 saturated heterocycles. The smallest absolute Gasteiger partial charge is 0.0699 e. The van der Waals surface area contributed by atoms with Gasteiger partial charge in [0.2, 0.25) is 0 Å². The number of nitrogens with one attached hydrogen (secondary N) is 1. The minimum Gasteiger partial charge on any atom is -0.381 e. The van der Waals surface area contributed by atoms with Gasteiger partial charge >= 0.3 is 0 Å². The van der Waals surface area contributed by atoms with Crippen LogP contribution < -0.4 is 5.32 Å². The van der Waals surface area contributed by atoms with Gasteiger partial charge in [-0.25, -0.2) is 0 Å². The first-order valence-electron chi connectivity index (χ1n) is 6.54. The Hall–Kier alpha value is -0.500. The first-order valence-corrected chi connectivity index (χ1v) is 6.54. The minimum absolute atomic E-state index is 0.158. The Balaban J connectivity index is 2.55. The van der Waals surface area contributed by atoms with Gasteiger partial charge in [-0.3, -0.25) is 0 Å². The second-order valence-electron chi connectivity index (χ2n) is 5.65. The van der Waals surface area contributed by atoms with Gasteiger partial charge in [0.25, 0.3) is 0 Å². The van der Waals surface area contributed by atoms with Crippen LogP contribution in [0.5, 0.6) is 0 Å². The SMILES string of the molecule is C=C(NC1(COC(C)C)CCCC1)C(C)C. The predicted octanol–water partition coefficient (Wildman–Crippen LogP) is 3.48. The maximum atomic E-state index is 5.81. The number of rotatable bonds is 6. The molecule has 0 aliphatic heterocycles. The number of allylic oxidation sites excluding steroid dienone is 1. The predicted molar refractivity (Wildman–Crippen MR) is 69.4 cm³/mol. The van der Waals surface area contributed by atoms with Gasteiger partial charge in [0, 0.05) is 5.70 Å². The molecule has 0 aromatic heterocycles. The Morgan fingerprint density at radius 3 is 2.25 bits per heavy atom. The lowest BCUT2D eigenvalue weighted by Gasteiger charge is -2.34. The van der Waals surface area contributed by atoms with E-state index >= 15 is 0 Å². The average Bonchev–Trinajstić information content (AvgIpc) is 2.64. The highest BCUT2D eigenvalue weighted by atomic mass is 16.5. The lowest BCUT2D eigenvalue weighted by atomic mass is 9.96. The van der Waals surface area contributed by atoms with E-state index in [1.165, 1.54) is 25.7 Å². The van der Waals surface area contributed by atoms with E-state index in [0.29, 0.717) is 12.0 Å². The third-order valence-electron chi connectivity index (χ3n) is 3.38. The topological polar surface area (TPSA) is 21.3 Å². The molecule has 94 valence electrons. The summed E-state index contributed by atoms with van der Waals surface area (Å²) in [5.74, 6) is 0.497. The standard InChI is InChI=1S/C14H27NO/c1-11(2)13(5)15-14(8-6-7-9-14)10-16-12(3)4/h11-12,15H,5-10H2,1-4H3. The van der Waals surface area contributed by atoms with Crippen LogP contribution in [0.1, 0.15) is 53.4 Å². The monoisotopic (exact) mass is 225 g/mol. The molecule has 0 radical (unpaired) electrons. The minimum atomic E-state index is 0.158. The molecule has 0 atom stereocenters. The van der Waals surface area contributed by atoms with E-state index in [2.05, 4.69) is 39.6 Å². The summed E-state index contributed by atoms with van der Waals surface area (Å²) in [5, 5.41) is 3.63. The van der Waals surface area contributed by atoms with Crippen LogP contribution in [0, 0.1) is 5.92 Å². The highest BCUT2D eigenvalue weighted by Crippen LogP contribution is 2.31. The molecule has 0 bridgehead atoms. The van der Waals surface area contributed by atoms with Crippen LogP contribution in [0.3, 0.4) is 0 Å². The van der Waals surface area contributed by atoms with Crippen molar-refractivity contribution in [1.82, 2.24) is 5.32 Å². The highest BCUT2D eigenvalue weighted by Gasteiger charge is 2.34. The summed E-state index contributed by atoms with van der Waals surface area (Å²) in [7, 11) is 0. The van der Waals surface area contributed by atoms with Gasteiger partial charge in [0.05, 0.1) is 18.2 Å². The van der Waals surface area contributed by atoms with Crippen LogP contribution in [-0.4, -0.2) is 18.2 Å². The number of hydrogen-bond acceptors (Lipinski definition) is 2. The summed E-state index contributed by atoms with van der Waals surface area (Å²) in [6.45, 7) is 13.5. The average molecular weight is 225 g/mol. The van der Waals surface area contributed by atoms with Gasteiger partial charge in [-0.05, 0) is 32.6 Å². The molecule has 0 aromatic carbocycles. The zero-order chi connectivity index (χ0) is 12.2. The fourth-order valence-corrected chi connectivity index (χ4v) is 2.17. The van der Waals surface area contributed by atoms with Crippen molar-refractivity contribution < 1.29 is 4.74 Å². The van der Waals surface area contributed by atoms with E-state index in [1.807, 2.05) is 0 Å². The molecule has 0 aromatic rings. The molecule has 1 fully saturated rings. The highest BCUT2D eigenvalue weighted by molar-refractivity contribution is 5.05. The molecule has 0 heterocycles. The molecule has 0 spiro atoms. The Kier molecular flexibility index (Phi) is 4.85. The Labute approximate surface area is 100 Å². The van der Waals surface area contributed by atoms with Gasteiger partial charge in [-0.2, -0.15) is 0 Å². The number of ether oxygens (including phenoxy) is 1. The summed E-state index contributed by atoms with van der Waals surface area (Å²) < 4.78 is 5.81. The quantitative estimate of drug-likeness (QED) is 0.747. The van der Waals surface area contributed by atoms with Crippen LogP contribution in [0.15, 0.2) is 12.3 Å². The number of hydrogen-bond donors (Lipinski definition) is 1. The molecule has 1 saturated carbocycles. The summed E-state index contributed by atoms with van der Waals surface area (Å²) >= 11 is 0. The summed E-state index contributed by atoms with van der Waals surface area (Å²) in [5.41, 5.74) is 1.31. The third-order valence-corrected chi connectivity index (χ3v) is 3.38. The van der Waals surface area contributed by atoms with E-state index in [9.17, 15) is 0 Å². The van der Waals surface area contributed by atoms with Crippen molar-refractivity contribution in [2.45, 2.75) is 65.0 Å². The van der Waals surface area contributed by atoms with E-state index in [0.717, 1.165) is 12.3 Å². The lowest BCUT2D eigenvalue weighted by Crippen LogP contribution is -2.47. The van der Waals surface area contributed by atoms with Gasteiger partial charge < -0.3 is 10.1 Å². The maximum absolute atomic E-state index is 5.81. The summed E-state index contributed by atoms with van der Waals surface area (Å²) in [6, 6.07) is 0. The van der Waals surface area contributed by atoms with Crippen molar-refractivity contribution in [2.75, 3.05) is 6.61 Å². The normalized spacial score (nSPS) is 19.4. The molecule has 0 unspecified atom stereocenters. The summed E-state index contributed by atoms with van der Waals surface area (Å²) in [4.78, 5) is 0. The lowest BCUT2D eigenvalue weighted by molar-refractivity contribution is 0.0317. The first kappa shape index (κ1) is 13.6. The van der Waals surface area contributed by atoms with E-state index in [1.54, 1.807) is 0 Å². The van der Waals surface area contributed by atoms with Crippen LogP contribution >= 0.6 is 0 Å². The molecular formula is C14H27NO. The molecule has 2 heteroatoms. The zero-order valence-electron chi connectivity index (χ0n) is 11.3. The van der Waals surface area contributed by atoms with Gasteiger partial charge in [0.15, 0.2) is 0 Å².